The molecule has 0 bridgehead atoms. The quantitative estimate of drug-likeness (QED) is 0.803. The molecule has 0 radical (unpaired) electrons. The normalized spacial score (nSPS) is 21.1. The molecule has 3 heterocycles. The van der Waals surface area contributed by atoms with Crippen LogP contribution in [-0.4, -0.2) is 66.2 Å². The van der Waals surface area contributed by atoms with Crippen LogP contribution in [-0.2, 0) is 11.2 Å². The summed E-state index contributed by atoms with van der Waals surface area (Å²) in [4.78, 5) is 2.53. The number of hydrogen-bond donors (Lipinski definition) is 2. The number of aromatic amines is 1. The second-order valence-corrected chi connectivity index (χ2v) is 8.22. The second-order valence-electron chi connectivity index (χ2n) is 8.22. The first kappa shape index (κ1) is 19.6. The molecule has 6 nitrogen and oxygen atoms in total. The van der Waals surface area contributed by atoms with Gasteiger partial charge in [0.25, 0.3) is 0 Å². The third-order valence-corrected chi connectivity index (χ3v) is 6.40. The number of ether oxygens (including phenoxy) is 1. The molecule has 2 aliphatic heterocycles. The van der Waals surface area contributed by atoms with E-state index in [1.54, 1.807) is 0 Å². The van der Waals surface area contributed by atoms with Gasteiger partial charge >= 0.3 is 0 Å². The van der Waals surface area contributed by atoms with Gasteiger partial charge in [-0.3, -0.25) is 4.90 Å². The molecule has 2 aliphatic rings. The molecule has 4 rings (SSSR count). The van der Waals surface area contributed by atoms with Gasteiger partial charge in [0.1, 0.15) is 5.69 Å². The van der Waals surface area contributed by atoms with Gasteiger partial charge in [-0.25, -0.2) is 0 Å². The zero-order valence-corrected chi connectivity index (χ0v) is 17.3. The lowest BCUT2D eigenvalue weighted by Crippen LogP contribution is -2.37. The van der Waals surface area contributed by atoms with Crippen molar-refractivity contribution in [3.05, 3.63) is 34.5 Å². The Morgan fingerprint density at radius 3 is 2.82 bits per heavy atom. The molecule has 2 fully saturated rings. The topological polar surface area (TPSA) is 66.1 Å². The summed E-state index contributed by atoms with van der Waals surface area (Å²) in [6.45, 7) is 11.7. The summed E-state index contributed by atoms with van der Waals surface area (Å²) in [6, 6.07) is 2.45. The molecular weight excluding hydrogens is 350 g/mol. The third-order valence-electron chi connectivity index (χ3n) is 6.40. The molecule has 2 saturated heterocycles. The van der Waals surface area contributed by atoms with Gasteiger partial charge in [-0.2, -0.15) is 15.4 Å². The zero-order valence-electron chi connectivity index (χ0n) is 17.3. The number of rotatable bonds is 6. The monoisotopic (exact) mass is 383 g/mol. The Morgan fingerprint density at radius 1 is 1.25 bits per heavy atom. The maximum absolute atomic E-state index is 5.49. The molecule has 1 unspecified atom stereocenters. The number of nitrogens with one attached hydrogen (secondary N) is 2. The van der Waals surface area contributed by atoms with Crippen LogP contribution in [0, 0.1) is 13.8 Å². The fourth-order valence-corrected chi connectivity index (χ4v) is 4.72. The first-order valence-electron chi connectivity index (χ1n) is 10.7. The van der Waals surface area contributed by atoms with Gasteiger partial charge in [-0.15, -0.1) is 0 Å². The van der Waals surface area contributed by atoms with Gasteiger partial charge in [-0.1, -0.05) is 6.07 Å². The lowest BCUT2D eigenvalue weighted by molar-refractivity contribution is 0.0374. The lowest BCUT2D eigenvalue weighted by atomic mass is 9.81. The van der Waals surface area contributed by atoms with E-state index in [9.17, 15) is 0 Å². The average Bonchev–Trinajstić information content (AvgIpc) is 3.26. The van der Waals surface area contributed by atoms with E-state index in [0.29, 0.717) is 5.92 Å². The van der Waals surface area contributed by atoms with Crippen LogP contribution in [0.25, 0.3) is 11.3 Å². The highest BCUT2D eigenvalue weighted by atomic mass is 16.5. The maximum Gasteiger partial charge on any atom is 0.113 e. The average molecular weight is 384 g/mol. The molecule has 2 N–H and O–H groups in total. The van der Waals surface area contributed by atoms with E-state index in [4.69, 9.17) is 4.74 Å². The Kier molecular flexibility index (Phi) is 6.40. The molecule has 0 spiro atoms. The summed E-state index contributed by atoms with van der Waals surface area (Å²) in [5.74, 6) is 0.595. The van der Waals surface area contributed by atoms with Crippen molar-refractivity contribution in [2.75, 3.05) is 45.9 Å². The van der Waals surface area contributed by atoms with Gasteiger partial charge in [0.15, 0.2) is 0 Å². The van der Waals surface area contributed by atoms with E-state index in [2.05, 4.69) is 45.5 Å². The van der Waals surface area contributed by atoms with Crippen LogP contribution in [0.2, 0.25) is 0 Å². The lowest BCUT2D eigenvalue weighted by Gasteiger charge is -2.29. The van der Waals surface area contributed by atoms with Crippen LogP contribution in [0.4, 0.5) is 0 Å². The predicted molar refractivity (Wildman–Crippen MR) is 112 cm³/mol. The minimum Gasteiger partial charge on any atom is -0.379 e. The smallest absolute Gasteiger partial charge is 0.113 e. The van der Waals surface area contributed by atoms with E-state index in [-0.39, 0.29) is 0 Å². The third kappa shape index (κ3) is 4.29. The summed E-state index contributed by atoms with van der Waals surface area (Å²) in [5.41, 5.74) is 7.98. The molecule has 2 aromatic rings. The predicted octanol–water partition coefficient (Wildman–Crippen LogP) is 2.82. The van der Waals surface area contributed by atoms with Crippen LogP contribution in [0.5, 0.6) is 0 Å². The summed E-state index contributed by atoms with van der Waals surface area (Å²) in [5, 5.41) is 15.0. The van der Waals surface area contributed by atoms with Crippen molar-refractivity contribution >= 4 is 0 Å². The number of piperidine rings is 1. The summed E-state index contributed by atoms with van der Waals surface area (Å²) in [7, 11) is 0. The van der Waals surface area contributed by atoms with Crippen molar-refractivity contribution in [3.8, 4) is 11.3 Å². The number of H-pyrrole nitrogens is 1. The van der Waals surface area contributed by atoms with E-state index in [1.165, 1.54) is 47.1 Å². The molecule has 1 aromatic carbocycles. The Hall–Kier alpha value is -1.76. The molecule has 0 aliphatic carbocycles. The number of aryl methyl sites for hydroxylation is 1. The van der Waals surface area contributed by atoms with Gasteiger partial charge in [0, 0.05) is 25.2 Å². The Balaban J connectivity index is 1.64. The molecule has 0 saturated carbocycles. The van der Waals surface area contributed by atoms with Crippen LogP contribution in [0.3, 0.4) is 0 Å². The highest BCUT2D eigenvalue weighted by Gasteiger charge is 2.24. The summed E-state index contributed by atoms with van der Waals surface area (Å²) in [6.07, 6.45) is 6.65. The van der Waals surface area contributed by atoms with Crippen LogP contribution >= 0.6 is 0 Å². The van der Waals surface area contributed by atoms with Gasteiger partial charge < -0.3 is 10.1 Å². The Morgan fingerprint density at radius 2 is 2.11 bits per heavy atom. The number of morpholine rings is 1. The maximum atomic E-state index is 5.49. The SMILES string of the molecule is Cc1cc(C2CCCNC2)c(CCCN2CCOCC2)c(-c2cn[nH]n2)c1C. The van der Waals surface area contributed by atoms with Crippen molar-refractivity contribution in [2.24, 2.45) is 0 Å². The van der Waals surface area contributed by atoms with E-state index in [1.807, 2.05) is 6.20 Å². The van der Waals surface area contributed by atoms with Gasteiger partial charge in [0.05, 0.1) is 19.4 Å². The first-order valence-corrected chi connectivity index (χ1v) is 10.7. The molecule has 6 heteroatoms. The highest BCUT2D eigenvalue weighted by Crippen LogP contribution is 2.37. The van der Waals surface area contributed by atoms with Crippen molar-refractivity contribution < 1.29 is 4.74 Å². The summed E-state index contributed by atoms with van der Waals surface area (Å²) >= 11 is 0. The minimum atomic E-state index is 0.595. The number of aromatic nitrogens is 3. The summed E-state index contributed by atoms with van der Waals surface area (Å²) < 4.78 is 5.49. The molecule has 0 amide bonds. The van der Waals surface area contributed by atoms with E-state index < -0.39 is 0 Å². The number of nitrogens with zero attached hydrogens (tertiary/aromatic N) is 3. The van der Waals surface area contributed by atoms with Gasteiger partial charge in [-0.05, 0) is 80.8 Å². The van der Waals surface area contributed by atoms with Crippen molar-refractivity contribution in [1.29, 1.82) is 0 Å². The van der Waals surface area contributed by atoms with E-state index >= 15 is 0 Å². The fourth-order valence-electron chi connectivity index (χ4n) is 4.72. The van der Waals surface area contributed by atoms with Crippen LogP contribution < -0.4 is 5.32 Å². The first-order chi connectivity index (χ1) is 13.7. The molecule has 1 atom stereocenters. The van der Waals surface area contributed by atoms with Crippen molar-refractivity contribution in [1.82, 2.24) is 25.6 Å². The Labute approximate surface area is 168 Å². The largest absolute Gasteiger partial charge is 0.379 e. The zero-order chi connectivity index (χ0) is 19.3. The number of hydrogen-bond acceptors (Lipinski definition) is 5. The highest BCUT2D eigenvalue weighted by molar-refractivity contribution is 5.70. The minimum absolute atomic E-state index is 0.595. The van der Waals surface area contributed by atoms with Crippen LogP contribution in [0.1, 0.15) is 47.4 Å². The van der Waals surface area contributed by atoms with Crippen molar-refractivity contribution in [3.63, 3.8) is 0 Å². The van der Waals surface area contributed by atoms with Crippen LogP contribution in [0.15, 0.2) is 12.3 Å². The molecular formula is C22H33N5O. The molecule has 1 aromatic heterocycles. The van der Waals surface area contributed by atoms with Crippen molar-refractivity contribution in [2.45, 2.75) is 45.4 Å². The fraction of sp³-hybridized carbons (Fsp3) is 0.636. The molecule has 152 valence electrons. The second kappa shape index (κ2) is 9.16. The Bertz CT molecular complexity index is 762. The number of benzene rings is 1. The molecule has 28 heavy (non-hydrogen) atoms. The van der Waals surface area contributed by atoms with E-state index in [0.717, 1.165) is 58.1 Å². The van der Waals surface area contributed by atoms with Gasteiger partial charge in [0.2, 0.25) is 0 Å². The standard InChI is InChI=1S/C22H33N5O/c1-16-13-20(18-5-3-7-23-14-18)19(6-4-8-27-9-11-28-12-10-27)22(17(16)2)21-15-24-26-25-21/h13,15,18,23H,3-12,14H2,1-2H3,(H,24,25,26).